The van der Waals surface area contributed by atoms with Crippen LogP contribution in [0, 0.1) is 0 Å². The summed E-state index contributed by atoms with van der Waals surface area (Å²) in [4.78, 5) is 72.8. The van der Waals surface area contributed by atoms with Crippen molar-refractivity contribution < 1.29 is 81.2 Å². The number of esters is 2. The summed E-state index contributed by atoms with van der Waals surface area (Å²) in [7, 11) is 0.530. The Morgan fingerprint density at radius 2 is 1.20 bits per heavy atom. The van der Waals surface area contributed by atoms with E-state index in [1.54, 1.807) is 45.4 Å². The van der Waals surface area contributed by atoms with Crippen molar-refractivity contribution in [1.82, 2.24) is 0 Å². The average molecular weight is 815 g/mol. The zero-order valence-electron chi connectivity index (χ0n) is 32.1. The van der Waals surface area contributed by atoms with E-state index in [-0.39, 0.29) is 53.7 Å². The molecule has 312 valence electrons. The normalized spacial score (nSPS) is 12.8. The van der Waals surface area contributed by atoms with E-state index in [2.05, 4.69) is 0 Å². The maximum absolute atomic E-state index is 13.3. The van der Waals surface area contributed by atoms with E-state index in [1.807, 2.05) is 6.92 Å². The Bertz CT molecular complexity index is 1620. The topological polar surface area (TPSA) is 245 Å². The lowest BCUT2D eigenvalue weighted by molar-refractivity contribution is -0.887. The predicted molar refractivity (Wildman–Crippen MR) is 201 cm³/mol. The molecular formula is C36H53N3O16P+. The van der Waals surface area contributed by atoms with Crippen LogP contribution in [0.5, 0.6) is 11.5 Å². The van der Waals surface area contributed by atoms with E-state index in [4.69, 9.17) is 28.0 Å². The second-order valence-corrected chi connectivity index (χ2v) is 14.9. The summed E-state index contributed by atoms with van der Waals surface area (Å²) in [6.07, 6.45) is 2.06. The van der Waals surface area contributed by atoms with Crippen LogP contribution < -0.4 is 19.3 Å². The van der Waals surface area contributed by atoms with E-state index in [9.17, 15) is 48.8 Å². The third-order valence-electron chi connectivity index (χ3n) is 7.30. The van der Waals surface area contributed by atoms with Crippen LogP contribution in [-0.2, 0) is 47.1 Å². The van der Waals surface area contributed by atoms with Crippen molar-refractivity contribution in [3.05, 3.63) is 48.5 Å². The van der Waals surface area contributed by atoms with Gasteiger partial charge in [-0.2, -0.15) is 0 Å². The second kappa shape index (κ2) is 23.9. The van der Waals surface area contributed by atoms with Crippen LogP contribution in [0.3, 0.4) is 0 Å². The molecule has 2 unspecified atom stereocenters. The van der Waals surface area contributed by atoms with Crippen molar-refractivity contribution in [3.63, 3.8) is 0 Å². The summed E-state index contributed by atoms with van der Waals surface area (Å²) in [6.45, 7) is -2.09. The van der Waals surface area contributed by atoms with Gasteiger partial charge in [0.15, 0.2) is 12.8 Å². The monoisotopic (exact) mass is 814 g/mol. The lowest BCUT2D eigenvalue weighted by Gasteiger charge is -2.26. The number of rotatable bonds is 29. The van der Waals surface area contributed by atoms with E-state index in [1.165, 1.54) is 24.3 Å². The fraction of sp³-hybridized carbons (Fsp3) is 0.528. The Balaban J connectivity index is 2.17. The number of carbonyl (C=O) groups excluding carboxylic acids is 2. The molecule has 0 bridgehead atoms. The van der Waals surface area contributed by atoms with Crippen LogP contribution in [0.1, 0.15) is 39.0 Å². The van der Waals surface area contributed by atoms with Gasteiger partial charge in [-0.3, -0.25) is 28.5 Å². The van der Waals surface area contributed by atoms with E-state index >= 15 is 0 Å². The molecule has 0 aliphatic rings. The molecule has 2 atom stereocenters. The fourth-order valence-electron chi connectivity index (χ4n) is 4.84. The molecule has 0 aliphatic heterocycles. The number of carboxylic acid groups (broad SMARTS) is 3. The highest BCUT2D eigenvalue weighted by Gasteiger charge is 2.29. The lowest BCUT2D eigenvalue weighted by Crippen LogP contribution is -2.39. The Morgan fingerprint density at radius 3 is 1.68 bits per heavy atom. The number of hydrogen-bond donors (Lipinski definition) is 4. The standard InChI is InChI=1S/C36H52N3O16P/c1-5-6-7-8-17-35(46)52-24-27(25-53-56(48,49)54-26-39(2,3)4)55-36(47)23-38(22-34(44)45)29-14-10-12-16-31(29)51-19-18-50-30-15-11-9-13-28(30)37(20-32(40)41)21-33(42)43/h9-16,27H,5-8,17-26H2,1-4H3,(H3-,40,41,42,43,44,45,48,49)/p+1. The summed E-state index contributed by atoms with van der Waals surface area (Å²) in [5, 5.41) is 28.3. The average Bonchev–Trinajstić information content (AvgIpc) is 3.11. The lowest BCUT2D eigenvalue weighted by atomic mass is 10.2. The van der Waals surface area contributed by atoms with E-state index in [0.29, 0.717) is 6.42 Å². The number of phosphoric ester groups is 1. The van der Waals surface area contributed by atoms with Gasteiger partial charge in [0.2, 0.25) is 0 Å². The molecule has 2 rings (SSSR count). The van der Waals surface area contributed by atoms with Crippen LogP contribution in [0.25, 0.3) is 0 Å². The Kier molecular flexibility index (Phi) is 20.1. The summed E-state index contributed by atoms with van der Waals surface area (Å²) >= 11 is 0. The summed E-state index contributed by atoms with van der Waals surface area (Å²) < 4.78 is 45.2. The summed E-state index contributed by atoms with van der Waals surface area (Å²) in [6, 6.07) is 12.5. The van der Waals surface area contributed by atoms with Crippen LogP contribution >= 0.6 is 7.82 Å². The van der Waals surface area contributed by atoms with Gasteiger partial charge in [0.1, 0.15) is 57.5 Å². The first-order valence-electron chi connectivity index (χ1n) is 17.8. The van der Waals surface area contributed by atoms with Gasteiger partial charge in [-0.1, -0.05) is 50.5 Å². The minimum absolute atomic E-state index is 0.105. The van der Waals surface area contributed by atoms with Gasteiger partial charge in [-0.15, -0.1) is 0 Å². The van der Waals surface area contributed by atoms with Gasteiger partial charge >= 0.3 is 37.7 Å². The number of unbranched alkanes of at least 4 members (excludes halogenated alkanes) is 3. The van der Waals surface area contributed by atoms with Crippen molar-refractivity contribution >= 4 is 49.0 Å². The van der Waals surface area contributed by atoms with Crippen molar-refractivity contribution in [2.45, 2.75) is 45.1 Å². The quantitative estimate of drug-likeness (QED) is 0.0303. The van der Waals surface area contributed by atoms with Crippen molar-refractivity contribution in [2.24, 2.45) is 0 Å². The van der Waals surface area contributed by atoms with Gasteiger partial charge in [0.05, 0.1) is 39.1 Å². The van der Waals surface area contributed by atoms with Crippen LogP contribution in [0.15, 0.2) is 48.5 Å². The molecule has 0 aliphatic carbocycles. The van der Waals surface area contributed by atoms with Crippen molar-refractivity contribution in [1.29, 1.82) is 0 Å². The van der Waals surface area contributed by atoms with Gasteiger partial charge in [0, 0.05) is 6.42 Å². The van der Waals surface area contributed by atoms with E-state index in [0.717, 1.165) is 29.1 Å². The maximum Gasteiger partial charge on any atom is 0.476 e. The van der Waals surface area contributed by atoms with Gasteiger partial charge in [0.25, 0.3) is 0 Å². The third-order valence-corrected chi connectivity index (χ3v) is 8.22. The number of nitrogens with zero attached hydrogens (tertiary/aromatic N) is 3. The zero-order chi connectivity index (χ0) is 41.7. The zero-order valence-corrected chi connectivity index (χ0v) is 33.0. The van der Waals surface area contributed by atoms with E-state index < -0.39 is 83.2 Å². The Morgan fingerprint density at radius 1 is 0.696 bits per heavy atom. The molecule has 2 aromatic carbocycles. The first kappa shape index (κ1) is 47.2. The number of ether oxygens (including phenoxy) is 4. The molecule has 0 spiro atoms. The molecule has 2 aromatic rings. The highest BCUT2D eigenvalue weighted by Crippen LogP contribution is 2.43. The minimum Gasteiger partial charge on any atom is -0.488 e. The molecule has 0 amide bonds. The van der Waals surface area contributed by atoms with Gasteiger partial charge < -0.3 is 53.4 Å². The molecule has 0 fully saturated rings. The molecular weight excluding hydrogens is 761 g/mol. The third kappa shape index (κ3) is 19.6. The molecule has 0 saturated carbocycles. The Hall–Kier alpha value is -4.94. The Labute approximate surface area is 325 Å². The largest absolute Gasteiger partial charge is 0.488 e. The van der Waals surface area contributed by atoms with Crippen molar-refractivity contribution in [3.8, 4) is 11.5 Å². The predicted octanol–water partition coefficient (Wildman–Crippen LogP) is 3.23. The minimum atomic E-state index is -4.62. The molecule has 0 heterocycles. The van der Waals surface area contributed by atoms with Crippen LogP contribution in [0.4, 0.5) is 11.4 Å². The molecule has 20 heteroatoms. The SMILES string of the molecule is CCCCCCC(=O)OCC(COP(=O)(O)OC[N+](C)(C)C)OC(=O)CN(CC(=O)O)c1ccccc1OCCOc1ccccc1N(CC(=O)O)CC(=O)O. The fourth-order valence-corrected chi connectivity index (χ4v) is 5.76. The molecule has 0 aromatic heterocycles. The number of hydrogen-bond acceptors (Lipinski definition) is 14. The number of benzene rings is 2. The number of carboxylic acids is 3. The maximum atomic E-state index is 13.3. The number of carbonyl (C=O) groups is 5. The number of aliphatic carboxylic acids is 3. The summed E-state index contributed by atoms with van der Waals surface area (Å²) in [5.74, 6) is -4.99. The number of quaternary nitrogens is 1. The molecule has 19 nitrogen and oxygen atoms in total. The molecule has 56 heavy (non-hydrogen) atoms. The van der Waals surface area contributed by atoms with Gasteiger partial charge in [-0.05, 0) is 30.7 Å². The highest BCUT2D eigenvalue weighted by atomic mass is 31.2. The molecule has 4 N–H and O–H groups in total. The number of anilines is 2. The summed E-state index contributed by atoms with van der Waals surface area (Å²) in [5.41, 5.74) is 0.411. The second-order valence-electron chi connectivity index (χ2n) is 13.4. The first-order valence-corrected chi connectivity index (χ1v) is 19.2. The molecule has 0 saturated heterocycles. The highest BCUT2D eigenvalue weighted by molar-refractivity contribution is 7.47. The molecule has 0 radical (unpaired) electrons. The van der Waals surface area contributed by atoms with Crippen LogP contribution in [0.2, 0.25) is 0 Å². The number of para-hydroxylation sites is 4. The van der Waals surface area contributed by atoms with Crippen LogP contribution in [-0.4, -0.2) is 141 Å². The number of phosphoric acid groups is 1. The smallest absolute Gasteiger partial charge is 0.476 e. The van der Waals surface area contributed by atoms with Crippen molar-refractivity contribution in [2.75, 3.05) is 90.3 Å². The first-order chi connectivity index (χ1) is 26.4. The van der Waals surface area contributed by atoms with Gasteiger partial charge in [-0.25, -0.2) is 9.09 Å².